The second-order valence-corrected chi connectivity index (χ2v) is 11.8. The maximum atomic E-state index is 6.27. The van der Waals surface area contributed by atoms with Gasteiger partial charge >= 0.3 is 0 Å². The van der Waals surface area contributed by atoms with E-state index in [1.54, 1.807) is 28.0 Å². The maximum absolute atomic E-state index is 6.27. The van der Waals surface area contributed by atoms with E-state index in [9.17, 15) is 0 Å². The highest BCUT2D eigenvalue weighted by molar-refractivity contribution is 7.98. The van der Waals surface area contributed by atoms with Crippen LogP contribution in [0.3, 0.4) is 0 Å². The number of nitrogens with one attached hydrogen (secondary N) is 2. The van der Waals surface area contributed by atoms with Crippen molar-refractivity contribution in [3.05, 3.63) is 41.5 Å². The molecule has 2 aliphatic rings. The van der Waals surface area contributed by atoms with E-state index in [4.69, 9.17) is 24.4 Å². The van der Waals surface area contributed by atoms with Crippen LogP contribution in [0.2, 0.25) is 0 Å². The van der Waals surface area contributed by atoms with Crippen LogP contribution in [0.15, 0.2) is 35.5 Å². The molecule has 188 valence electrons. The summed E-state index contributed by atoms with van der Waals surface area (Å²) in [5.74, 6) is 0.918. The monoisotopic (exact) mass is 522 g/mol. The Balaban J connectivity index is 1.48. The molecule has 0 spiro atoms. The molecule has 3 aromatic heterocycles. The third-order valence-electron chi connectivity index (χ3n) is 7.07. The highest BCUT2D eigenvalue weighted by atomic mass is 32.2. The quantitative estimate of drug-likeness (QED) is 0.295. The molecule has 36 heavy (non-hydrogen) atoms. The second kappa shape index (κ2) is 9.87. The van der Waals surface area contributed by atoms with Crippen LogP contribution in [0.5, 0.6) is 0 Å². The molecule has 0 atom stereocenters. The molecular weight excluding hydrogens is 490 g/mol. The lowest BCUT2D eigenvalue weighted by Gasteiger charge is -2.33. The molecule has 9 heteroatoms. The van der Waals surface area contributed by atoms with Gasteiger partial charge in [-0.2, -0.15) is 0 Å². The van der Waals surface area contributed by atoms with E-state index in [2.05, 4.69) is 43.4 Å². The summed E-state index contributed by atoms with van der Waals surface area (Å²) in [4.78, 5) is 17.7. The van der Waals surface area contributed by atoms with Crippen LogP contribution < -0.4 is 10.2 Å². The summed E-state index contributed by atoms with van der Waals surface area (Å²) in [6, 6.07) is 10.5. The minimum absolute atomic E-state index is 0.235. The van der Waals surface area contributed by atoms with Gasteiger partial charge in [-0.25, -0.2) is 15.0 Å². The number of aromatic nitrogens is 3. The fourth-order valence-electron chi connectivity index (χ4n) is 5.17. The average Bonchev–Trinajstić information content (AvgIpc) is 3.27. The number of pyridine rings is 1. The Morgan fingerprint density at radius 1 is 1.08 bits per heavy atom. The van der Waals surface area contributed by atoms with E-state index in [0.29, 0.717) is 6.61 Å². The number of nitrogens with zero attached hydrogens (tertiary/aromatic N) is 3. The van der Waals surface area contributed by atoms with Crippen molar-refractivity contribution in [3.8, 4) is 11.3 Å². The lowest BCUT2D eigenvalue weighted by atomic mass is 9.88. The number of rotatable bonds is 6. The summed E-state index contributed by atoms with van der Waals surface area (Å²) in [7, 11) is 0. The Labute approximate surface area is 219 Å². The van der Waals surface area contributed by atoms with Crippen molar-refractivity contribution in [2.45, 2.75) is 37.6 Å². The number of benzene rings is 1. The van der Waals surface area contributed by atoms with Crippen LogP contribution >= 0.6 is 23.1 Å². The van der Waals surface area contributed by atoms with Crippen LogP contribution in [-0.2, 0) is 22.5 Å². The van der Waals surface area contributed by atoms with Crippen molar-refractivity contribution in [2.75, 3.05) is 51.0 Å². The van der Waals surface area contributed by atoms with Crippen LogP contribution in [-0.4, -0.2) is 66.2 Å². The first kappa shape index (κ1) is 24.1. The zero-order valence-electron chi connectivity index (χ0n) is 21.0. The van der Waals surface area contributed by atoms with Gasteiger partial charge in [-0.1, -0.05) is 42.1 Å². The van der Waals surface area contributed by atoms with Gasteiger partial charge in [0.05, 0.1) is 54.4 Å². The Hall–Kier alpha value is -2.30. The van der Waals surface area contributed by atoms with E-state index in [1.165, 1.54) is 16.5 Å². The highest BCUT2D eigenvalue weighted by Crippen LogP contribution is 2.44. The van der Waals surface area contributed by atoms with Gasteiger partial charge < -0.3 is 19.7 Å². The number of morpholine rings is 1. The van der Waals surface area contributed by atoms with Gasteiger partial charge in [0.25, 0.3) is 0 Å². The van der Waals surface area contributed by atoms with Crippen molar-refractivity contribution in [2.24, 2.45) is 0 Å². The Kier molecular flexibility index (Phi) is 6.60. The topological polar surface area (TPSA) is 73.6 Å². The number of anilines is 1. The first-order valence-corrected chi connectivity index (χ1v) is 14.6. The van der Waals surface area contributed by atoms with E-state index >= 15 is 0 Å². The standard InChI is InChI=1S/C27H31N5O2S2/c1-27(2)15-18-19(16-34-27)21(17-7-5-4-6-8-17)29-25-20(18)22-23(36-25)24(31-26(30-22)35-3)28-9-10-32-11-13-33-14-12-32/h4-8H,9-16H2,1-3H3,(H,28,30,31)/p+1. The molecule has 0 bridgehead atoms. The van der Waals surface area contributed by atoms with Crippen molar-refractivity contribution in [1.29, 1.82) is 0 Å². The van der Waals surface area contributed by atoms with Crippen molar-refractivity contribution in [1.82, 2.24) is 15.0 Å². The smallest absolute Gasteiger partial charge is 0.189 e. The molecule has 0 amide bonds. The molecule has 2 aliphatic heterocycles. The fourth-order valence-corrected chi connectivity index (χ4v) is 6.64. The van der Waals surface area contributed by atoms with Gasteiger partial charge in [-0.05, 0) is 25.7 Å². The molecule has 2 N–H and O–H groups in total. The zero-order valence-corrected chi connectivity index (χ0v) is 22.7. The number of ether oxygens (including phenoxy) is 2. The molecule has 0 saturated carbocycles. The molecule has 1 saturated heterocycles. The van der Waals surface area contributed by atoms with Gasteiger partial charge in [0.2, 0.25) is 0 Å². The predicted molar refractivity (Wildman–Crippen MR) is 147 cm³/mol. The summed E-state index contributed by atoms with van der Waals surface area (Å²) < 4.78 is 12.9. The van der Waals surface area contributed by atoms with E-state index in [0.717, 1.165) is 83.1 Å². The number of thioether (sulfide) groups is 1. The second-order valence-electron chi connectivity index (χ2n) is 10.1. The van der Waals surface area contributed by atoms with Gasteiger partial charge in [0, 0.05) is 22.9 Å². The largest absolute Gasteiger partial charge is 0.370 e. The summed E-state index contributed by atoms with van der Waals surface area (Å²) >= 11 is 3.28. The number of fused-ring (bicyclic) bond motifs is 5. The molecule has 0 unspecified atom stereocenters. The maximum Gasteiger partial charge on any atom is 0.189 e. The third-order valence-corrected chi connectivity index (χ3v) is 8.70. The highest BCUT2D eigenvalue weighted by Gasteiger charge is 2.32. The Morgan fingerprint density at radius 3 is 2.67 bits per heavy atom. The lowest BCUT2D eigenvalue weighted by molar-refractivity contribution is -0.906. The number of thiophene rings is 1. The SMILES string of the molecule is CSc1nc(NCC[NH+]2CCOCC2)c2sc3nc(-c4ccccc4)c4c(c3c2n1)CC(C)(C)OC4. The minimum atomic E-state index is -0.235. The summed E-state index contributed by atoms with van der Waals surface area (Å²) in [6.45, 7) is 10.6. The third kappa shape index (κ3) is 4.59. The summed E-state index contributed by atoms with van der Waals surface area (Å²) in [6.07, 6.45) is 2.87. The first-order valence-electron chi connectivity index (χ1n) is 12.6. The van der Waals surface area contributed by atoms with Gasteiger partial charge in [-0.3, -0.25) is 0 Å². The fraction of sp³-hybridized carbons (Fsp3) is 0.444. The van der Waals surface area contributed by atoms with Crippen molar-refractivity contribution in [3.63, 3.8) is 0 Å². The Bertz CT molecular complexity index is 1400. The number of quaternary nitrogens is 1. The first-order chi connectivity index (χ1) is 17.5. The zero-order chi connectivity index (χ0) is 24.7. The van der Waals surface area contributed by atoms with Crippen LogP contribution in [0, 0.1) is 0 Å². The van der Waals surface area contributed by atoms with Crippen molar-refractivity contribution >= 4 is 49.3 Å². The normalized spacial score (nSPS) is 18.0. The van der Waals surface area contributed by atoms with Crippen LogP contribution in [0.25, 0.3) is 31.7 Å². The van der Waals surface area contributed by atoms with Crippen LogP contribution in [0.4, 0.5) is 5.82 Å². The molecule has 1 fully saturated rings. The van der Waals surface area contributed by atoms with Gasteiger partial charge in [0.15, 0.2) is 5.16 Å². The lowest BCUT2D eigenvalue weighted by Crippen LogP contribution is -3.14. The minimum Gasteiger partial charge on any atom is -0.370 e. The average molecular weight is 523 g/mol. The van der Waals surface area contributed by atoms with Gasteiger partial charge in [0.1, 0.15) is 23.7 Å². The molecule has 1 aromatic carbocycles. The van der Waals surface area contributed by atoms with E-state index in [-0.39, 0.29) is 5.60 Å². The van der Waals surface area contributed by atoms with Crippen LogP contribution in [0.1, 0.15) is 25.0 Å². The summed E-state index contributed by atoms with van der Waals surface area (Å²) in [5, 5.41) is 5.60. The molecule has 7 nitrogen and oxygen atoms in total. The van der Waals surface area contributed by atoms with Gasteiger partial charge in [-0.15, -0.1) is 11.3 Å². The number of hydrogen-bond acceptors (Lipinski definition) is 8. The molecular formula is C27H32N5O2S2+. The molecule has 0 radical (unpaired) electrons. The molecule has 4 aromatic rings. The Morgan fingerprint density at radius 2 is 1.89 bits per heavy atom. The summed E-state index contributed by atoms with van der Waals surface area (Å²) in [5.41, 5.74) is 5.42. The molecule has 6 rings (SSSR count). The van der Waals surface area contributed by atoms with Crippen molar-refractivity contribution < 1.29 is 14.4 Å². The van der Waals surface area contributed by atoms with E-state index in [1.807, 2.05) is 12.3 Å². The number of hydrogen-bond donors (Lipinski definition) is 2. The predicted octanol–water partition coefficient (Wildman–Crippen LogP) is 3.81. The van der Waals surface area contributed by atoms with E-state index < -0.39 is 0 Å². The molecule has 5 heterocycles. The molecule has 0 aliphatic carbocycles.